The van der Waals surface area contributed by atoms with Gasteiger partial charge in [-0.05, 0) is 61.7 Å². The fraction of sp³-hybridized carbons (Fsp3) is 0.364. The van der Waals surface area contributed by atoms with Crippen molar-refractivity contribution in [3.63, 3.8) is 0 Å². The molecule has 0 radical (unpaired) electrons. The number of methoxy groups -OCH3 is 1. The van der Waals surface area contributed by atoms with Gasteiger partial charge in [0.1, 0.15) is 5.75 Å². The first-order chi connectivity index (χ1) is 14.9. The minimum atomic E-state index is -3.50. The van der Waals surface area contributed by atoms with E-state index in [0.29, 0.717) is 23.5 Å². The van der Waals surface area contributed by atoms with Gasteiger partial charge in [0.05, 0.1) is 22.2 Å². The summed E-state index contributed by atoms with van der Waals surface area (Å²) in [5.41, 5.74) is 1.37. The van der Waals surface area contributed by atoms with E-state index in [4.69, 9.17) is 4.74 Å². The van der Waals surface area contributed by atoms with Crippen LogP contribution in [0.4, 0.5) is 0 Å². The molecule has 0 aliphatic carbocycles. The first-order valence-corrected chi connectivity index (χ1v) is 12.6. The molecule has 0 saturated carbocycles. The summed E-state index contributed by atoms with van der Waals surface area (Å²) < 4.78 is 35.2. The van der Waals surface area contributed by atoms with E-state index in [0.717, 1.165) is 41.8 Å². The second-order valence-corrected chi connectivity index (χ2v) is 10.4. The van der Waals surface area contributed by atoms with Crippen molar-refractivity contribution in [2.24, 2.45) is 4.99 Å². The second-order valence-electron chi connectivity index (χ2n) is 7.42. The van der Waals surface area contributed by atoms with Crippen LogP contribution >= 0.6 is 11.3 Å². The lowest BCUT2D eigenvalue weighted by Crippen LogP contribution is -2.27. The number of carbonyl (C=O) groups is 1. The van der Waals surface area contributed by atoms with Gasteiger partial charge in [-0.1, -0.05) is 18.3 Å². The smallest absolute Gasteiger partial charge is 0.279 e. The molecular weight excluding hydrogens is 434 g/mol. The molecule has 4 rings (SSSR count). The summed E-state index contributed by atoms with van der Waals surface area (Å²) in [5.74, 6) is 0.360. The van der Waals surface area contributed by atoms with Gasteiger partial charge >= 0.3 is 0 Å². The first kappa shape index (κ1) is 21.7. The fourth-order valence-corrected chi connectivity index (χ4v) is 6.30. The van der Waals surface area contributed by atoms with Crippen molar-refractivity contribution in [3.8, 4) is 5.75 Å². The highest BCUT2D eigenvalue weighted by atomic mass is 32.2. The van der Waals surface area contributed by atoms with E-state index < -0.39 is 15.9 Å². The lowest BCUT2D eigenvalue weighted by atomic mass is 10.2. The molecule has 0 atom stereocenters. The van der Waals surface area contributed by atoms with Crippen LogP contribution in [0.5, 0.6) is 5.75 Å². The highest BCUT2D eigenvalue weighted by Gasteiger charge is 2.27. The lowest BCUT2D eigenvalue weighted by molar-refractivity contribution is 0.0997. The monoisotopic (exact) mass is 459 g/mol. The average Bonchev–Trinajstić information content (AvgIpc) is 3.43. The Labute approximate surface area is 185 Å². The molecule has 1 aromatic heterocycles. The molecule has 0 N–H and O–H groups in total. The number of nitrogens with zero attached hydrogens (tertiary/aromatic N) is 3. The molecule has 1 saturated heterocycles. The van der Waals surface area contributed by atoms with Gasteiger partial charge < -0.3 is 9.30 Å². The van der Waals surface area contributed by atoms with Crippen molar-refractivity contribution in [3.05, 3.63) is 52.8 Å². The molecule has 0 unspecified atom stereocenters. The molecule has 1 fully saturated rings. The second kappa shape index (κ2) is 8.94. The van der Waals surface area contributed by atoms with E-state index in [9.17, 15) is 13.2 Å². The van der Waals surface area contributed by atoms with Crippen molar-refractivity contribution in [2.75, 3.05) is 20.2 Å². The maximum Gasteiger partial charge on any atom is 0.279 e. The highest BCUT2D eigenvalue weighted by Crippen LogP contribution is 2.24. The third kappa shape index (κ3) is 4.30. The quantitative estimate of drug-likeness (QED) is 0.564. The summed E-state index contributed by atoms with van der Waals surface area (Å²) in [6.07, 6.45) is 2.67. The Morgan fingerprint density at radius 3 is 2.48 bits per heavy atom. The summed E-state index contributed by atoms with van der Waals surface area (Å²) in [7, 11) is -1.88. The zero-order valence-corrected chi connectivity index (χ0v) is 19.2. The number of amides is 1. The Morgan fingerprint density at radius 2 is 1.84 bits per heavy atom. The molecule has 7 nitrogen and oxygen atoms in total. The van der Waals surface area contributed by atoms with E-state index in [1.54, 1.807) is 7.11 Å². The fourth-order valence-electron chi connectivity index (χ4n) is 3.70. The number of aryl methyl sites for hydroxylation is 1. The standard InChI is InChI=1S/C22H25N3O4S2/c1-3-12-25-19-11-8-17(29-2)15-20(19)30-22(25)23-21(26)16-6-9-18(10-7-16)31(27,28)24-13-4-5-14-24/h6-11,15H,3-5,12-14H2,1-2H3. The summed E-state index contributed by atoms with van der Waals surface area (Å²) in [6, 6.07) is 11.9. The Balaban J connectivity index is 1.67. The molecule has 0 bridgehead atoms. The van der Waals surface area contributed by atoms with Crippen molar-refractivity contribution in [1.29, 1.82) is 0 Å². The molecule has 3 aromatic rings. The van der Waals surface area contributed by atoms with Crippen LogP contribution in [0.1, 0.15) is 36.5 Å². The zero-order chi connectivity index (χ0) is 22.0. The summed E-state index contributed by atoms with van der Waals surface area (Å²) >= 11 is 1.43. The third-order valence-corrected chi connectivity index (χ3v) is 8.29. The Morgan fingerprint density at radius 1 is 1.13 bits per heavy atom. The number of sulfonamides is 1. The van der Waals surface area contributed by atoms with Crippen LogP contribution < -0.4 is 9.54 Å². The van der Waals surface area contributed by atoms with Crippen LogP contribution in [-0.4, -0.2) is 43.4 Å². The maximum absolute atomic E-state index is 12.8. The lowest BCUT2D eigenvalue weighted by Gasteiger charge is -2.15. The molecule has 9 heteroatoms. The van der Waals surface area contributed by atoms with Crippen LogP contribution in [0, 0.1) is 0 Å². The predicted molar refractivity (Wildman–Crippen MR) is 121 cm³/mol. The number of rotatable bonds is 6. The number of hydrogen-bond donors (Lipinski definition) is 0. The third-order valence-electron chi connectivity index (χ3n) is 5.34. The molecule has 2 aromatic carbocycles. The van der Waals surface area contributed by atoms with Gasteiger partial charge in [0.15, 0.2) is 4.80 Å². The van der Waals surface area contributed by atoms with Gasteiger partial charge in [-0.2, -0.15) is 9.30 Å². The minimum Gasteiger partial charge on any atom is -0.497 e. The van der Waals surface area contributed by atoms with Gasteiger partial charge in [-0.25, -0.2) is 8.42 Å². The van der Waals surface area contributed by atoms with Crippen LogP contribution in [-0.2, 0) is 16.6 Å². The van der Waals surface area contributed by atoms with Crippen molar-refractivity contribution < 1.29 is 17.9 Å². The van der Waals surface area contributed by atoms with Gasteiger partial charge in [-0.15, -0.1) is 0 Å². The summed E-state index contributed by atoms with van der Waals surface area (Å²) in [6.45, 7) is 3.91. The molecule has 31 heavy (non-hydrogen) atoms. The Bertz CT molecular complexity index is 1270. The van der Waals surface area contributed by atoms with Crippen molar-refractivity contribution in [1.82, 2.24) is 8.87 Å². The van der Waals surface area contributed by atoms with E-state index in [2.05, 4.69) is 11.9 Å². The zero-order valence-electron chi connectivity index (χ0n) is 17.6. The topological polar surface area (TPSA) is 81.0 Å². The number of carbonyl (C=O) groups excluding carboxylic acids is 1. The molecule has 1 aliphatic heterocycles. The van der Waals surface area contributed by atoms with Crippen LogP contribution in [0.3, 0.4) is 0 Å². The molecule has 1 amide bonds. The van der Waals surface area contributed by atoms with Gasteiger partial charge in [0.2, 0.25) is 10.0 Å². The van der Waals surface area contributed by atoms with E-state index in [1.165, 1.54) is 39.9 Å². The van der Waals surface area contributed by atoms with Gasteiger partial charge in [0, 0.05) is 25.2 Å². The molecule has 1 aliphatic rings. The first-order valence-electron chi connectivity index (χ1n) is 10.3. The maximum atomic E-state index is 12.8. The van der Waals surface area contributed by atoms with Crippen molar-refractivity contribution in [2.45, 2.75) is 37.6 Å². The number of ether oxygens (including phenoxy) is 1. The number of thiazole rings is 1. The van der Waals surface area contributed by atoms with Crippen molar-refractivity contribution >= 4 is 37.5 Å². The molecular formula is C22H25N3O4S2. The molecule has 0 spiro atoms. The largest absolute Gasteiger partial charge is 0.497 e. The molecule has 2 heterocycles. The minimum absolute atomic E-state index is 0.209. The predicted octanol–water partition coefficient (Wildman–Crippen LogP) is 3.65. The normalized spacial score (nSPS) is 15.6. The highest BCUT2D eigenvalue weighted by molar-refractivity contribution is 7.89. The van der Waals surface area contributed by atoms with E-state index in [1.807, 2.05) is 22.8 Å². The van der Waals surface area contributed by atoms with E-state index in [-0.39, 0.29) is 4.90 Å². The Hall–Kier alpha value is -2.49. The SMILES string of the molecule is CCCn1c(=NC(=O)c2ccc(S(=O)(=O)N3CCCC3)cc2)sc2cc(OC)ccc21. The van der Waals surface area contributed by atoms with E-state index >= 15 is 0 Å². The van der Waals surface area contributed by atoms with Crippen LogP contribution in [0.2, 0.25) is 0 Å². The van der Waals surface area contributed by atoms with Gasteiger partial charge in [0.25, 0.3) is 5.91 Å². The Kier molecular flexibility index (Phi) is 6.27. The number of fused-ring (bicyclic) bond motifs is 1. The number of hydrogen-bond acceptors (Lipinski definition) is 5. The summed E-state index contributed by atoms with van der Waals surface area (Å²) in [5, 5.41) is 0. The van der Waals surface area contributed by atoms with Crippen LogP contribution in [0.25, 0.3) is 10.2 Å². The van der Waals surface area contributed by atoms with Crippen LogP contribution in [0.15, 0.2) is 52.4 Å². The number of aromatic nitrogens is 1. The molecule has 164 valence electrons. The average molecular weight is 460 g/mol. The number of benzene rings is 2. The summed E-state index contributed by atoms with van der Waals surface area (Å²) in [4.78, 5) is 18.0. The van der Waals surface area contributed by atoms with Gasteiger partial charge in [-0.3, -0.25) is 4.79 Å².